The van der Waals surface area contributed by atoms with E-state index in [1.54, 1.807) is 28.7 Å². The Balaban J connectivity index is 2.06. The fraction of sp³-hybridized carbons (Fsp3) is 0.167. The van der Waals surface area contributed by atoms with Crippen LogP contribution in [0.1, 0.15) is 13.0 Å². The molecular weight excluding hydrogens is 326 g/mol. The molecule has 0 aromatic carbocycles. The van der Waals surface area contributed by atoms with Crippen molar-refractivity contribution in [1.29, 1.82) is 0 Å². The molecule has 0 N–H and O–H groups in total. The van der Waals surface area contributed by atoms with Gasteiger partial charge in [-0.25, -0.2) is 4.79 Å². The maximum absolute atomic E-state index is 12.4. The average Bonchev–Trinajstić information content (AvgIpc) is 3.31. The first kappa shape index (κ1) is 15.8. The van der Waals surface area contributed by atoms with Crippen LogP contribution in [0.25, 0.3) is 21.1 Å². The minimum Gasteiger partial charge on any atom is -0.460 e. The van der Waals surface area contributed by atoms with E-state index in [1.165, 1.54) is 0 Å². The highest BCUT2D eigenvalue weighted by Gasteiger charge is 2.23. The van der Waals surface area contributed by atoms with Gasteiger partial charge in [0.2, 0.25) is 0 Å². The van der Waals surface area contributed by atoms with Crippen LogP contribution in [0.4, 0.5) is 0 Å². The molecular formula is C18H17NO2S2. The predicted molar refractivity (Wildman–Crippen MR) is 96.9 cm³/mol. The summed E-state index contributed by atoms with van der Waals surface area (Å²) < 4.78 is 7.31. The van der Waals surface area contributed by atoms with Gasteiger partial charge < -0.3 is 9.30 Å². The zero-order chi connectivity index (χ0) is 16.2. The lowest BCUT2D eigenvalue weighted by Crippen LogP contribution is -2.20. The number of carbonyl (C=O) groups is 1. The van der Waals surface area contributed by atoms with Gasteiger partial charge in [0.15, 0.2) is 0 Å². The number of aromatic nitrogens is 1. The van der Waals surface area contributed by atoms with Gasteiger partial charge in [0.1, 0.15) is 12.6 Å². The van der Waals surface area contributed by atoms with Crippen LogP contribution in [0.2, 0.25) is 0 Å². The quantitative estimate of drug-likeness (QED) is 0.453. The maximum Gasteiger partial charge on any atom is 0.329 e. The summed E-state index contributed by atoms with van der Waals surface area (Å²) >= 11 is 3.32. The molecule has 0 aliphatic carbocycles. The molecule has 0 aliphatic rings. The number of rotatable bonds is 6. The molecule has 23 heavy (non-hydrogen) atoms. The third kappa shape index (κ3) is 3.16. The fourth-order valence-corrected chi connectivity index (χ4v) is 3.98. The Hall–Kier alpha value is -2.11. The Morgan fingerprint density at radius 3 is 2.17 bits per heavy atom. The SMILES string of the molecule is C=CCOC(=O)C(C)n1c(-c2cccs2)ccc1-c1cccs1. The van der Waals surface area contributed by atoms with Crippen molar-refractivity contribution in [3.8, 4) is 21.1 Å². The van der Waals surface area contributed by atoms with Crippen molar-refractivity contribution in [3.05, 3.63) is 59.8 Å². The summed E-state index contributed by atoms with van der Waals surface area (Å²) in [4.78, 5) is 14.6. The number of hydrogen-bond acceptors (Lipinski definition) is 4. The van der Waals surface area contributed by atoms with E-state index in [0.29, 0.717) is 0 Å². The summed E-state index contributed by atoms with van der Waals surface area (Å²) in [5, 5.41) is 4.08. The first-order valence-electron chi connectivity index (χ1n) is 7.29. The van der Waals surface area contributed by atoms with Gasteiger partial charge >= 0.3 is 5.97 Å². The smallest absolute Gasteiger partial charge is 0.329 e. The fourth-order valence-electron chi connectivity index (χ4n) is 2.48. The standard InChI is InChI=1S/C18H17NO2S2/c1-3-10-21-18(20)13(2)19-14(16-6-4-11-22-16)8-9-15(19)17-7-5-12-23-17/h3-9,11-13H,1,10H2,2H3. The number of esters is 1. The highest BCUT2D eigenvalue weighted by atomic mass is 32.1. The zero-order valence-electron chi connectivity index (χ0n) is 12.8. The van der Waals surface area contributed by atoms with Crippen molar-refractivity contribution in [2.24, 2.45) is 0 Å². The van der Waals surface area contributed by atoms with E-state index in [4.69, 9.17) is 4.74 Å². The topological polar surface area (TPSA) is 31.2 Å². The third-order valence-electron chi connectivity index (χ3n) is 3.54. The number of thiophene rings is 2. The van der Waals surface area contributed by atoms with Gasteiger partial charge in [-0.3, -0.25) is 0 Å². The van der Waals surface area contributed by atoms with Crippen molar-refractivity contribution >= 4 is 28.6 Å². The van der Waals surface area contributed by atoms with Crippen LogP contribution >= 0.6 is 22.7 Å². The zero-order valence-corrected chi connectivity index (χ0v) is 14.4. The molecule has 3 rings (SSSR count). The van der Waals surface area contributed by atoms with Crippen molar-refractivity contribution in [2.75, 3.05) is 6.61 Å². The summed E-state index contributed by atoms with van der Waals surface area (Å²) in [5.41, 5.74) is 2.07. The lowest BCUT2D eigenvalue weighted by molar-refractivity contribution is -0.145. The summed E-state index contributed by atoms with van der Waals surface area (Å²) in [6, 6.07) is 11.9. The molecule has 3 heterocycles. The first-order chi connectivity index (χ1) is 11.2. The Morgan fingerprint density at radius 1 is 1.17 bits per heavy atom. The van der Waals surface area contributed by atoms with E-state index in [9.17, 15) is 4.79 Å². The van der Waals surface area contributed by atoms with Crippen molar-refractivity contribution in [3.63, 3.8) is 0 Å². The molecule has 3 aromatic rings. The van der Waals surface area contributed by atoms with Crippen LogP contribution in [0.15, 0.2) is 59.8 Å². The predicted octanol–water partition coefficient (Wildman–Crippen LogP) is 5.24. The molecule has 0 fully saturated rings. The molecule has 5 heteroatoms. The molecule has 3 nitrogen and oxygen atoms in total. The molecule has 3 aromatic heterocycles. The van der Waals surface area contributed by atoms with Gasteiger partial charge in [0.25, 0.3) is 0 Å². The second-order valence-corrected chi connectivity index (χ2v) is 6.92. The first-order valence-corrected chi connectivity index (χ1v) is 9.05. The highest BCUT2D eigenvalue weighted by Crippen LogP contribution is 2.36. The summed E-state index contributed by atoms with van der Waals surface area (Å²) in [6.07, 6.45) is 1.58. The van der Waals surface area contributed by atoms with Crippen LogP contribution in [0.3, 0.4) is 0 Å². The van der Waals surface area contributed by atoms with Gasteiger partial charge in [0.05, 0.1) is 21.1 Å². The van der Waals surface area contributed by atoms with Crippen LogP contribution in [-0.2, 0) is 9.53 Å². The van der Waals surface area contributed by atoms with Crippen molar-refractivity contribution in [1.82, 2.24) is 4.57 Å². The molecule has 0 spiro atoms. The van der Waals surface area contributed by atoms with E-state index >= 15 is 0 Å². The minimum absolute atomic E-state index is 0.229. The van der Waals surface area contributed by atoms with Gasteiger partial charge in [0, 0.05) is 0 Å². The van der Waals surface area contributed by atoms with Crippen molar-refractivity contribution in [2.45, 2.75) is 13.0 Å². The number of nitrogens with zero attached hydrogens (tertiary/aromatic N) is 1. The van der Waals surface area contributed by atoms with Crippen LogP contribution in [0.5, 0.6) is 0 Å². The monoisotopic (exact) mass is 343 g/mol. The Bertz CT molecular complexity index is 733. The van der Waals surface area contributed by atoms with Gasteiger partial charge in [-0.2, -0.15) is 0 Å². The second kappa shape index (κ2) is 6.98. The molecule has 0 bridgehead atoms. The third-order valence-corrected chi connectivity index (χ3v) is 5.32. The molecule has 0 saturated heterocycles. The molecule has 0 aliphatic heterocycles. The van der Waals surface area contributed by atoms with Gasteiger partial charge in [-0.1, -0.05) is 24.8 Å². The minimum atomic E-state index is -0.404. The lowest BCUT2D eigenvalue weighted by atomic mass is 10.2. The number of ether oxygens (including phenoxy) is 1. The number of carbonyl (C=O) groups excluding carboxylic acids is 1. The molecule has 118 valence electrons. The maximum atomic E-state index is 12.4. The Kier molecular flexibility index (Phi) is 4.79. The number of hydrogen-bond donors (Lipinski definition) is 0. The van der Waals surface area contributed by atoms with Crippen LogP contribution in [-0.4, -0.2) is 17.1 Å². The summed E-state index contributed by atoms with van der Waals surface area (Å²) in [5.74, 6) is -0.253. The molecule has 0 amide bonds. The van der Waals surface area contributed by atoms with E-state index in [-0.39, 0.29) is 12.6 Å². The lowest BCUT2D eigenvalue weighted by Gasteiger charge is -2.18. The van der Waals surface area contributed by atoms with E-state index in [1.807, 2.05) is 29.8 Å². The van der Waals surface area contributed by atoms with Crippen molar-refractivity contribution < 1.29 is 9.53 Å². The second-order valence-electron chi connectivity index (χ2n) is 5.02. The van der Waals surface area contributed by atoms with Gasteiger partial charge in [-0.05, 0) is 41.9 Å². The average molecular weight is 343 g/mol. The molecule has 0 saturated carbocycles. The largest absolute Gasteiger partial charge is 0.460 e. The normalized spacial score (nSPS) is 12.0. The summed E-state index contributed by atoms with van der Waals surface area (Å²) in [6.45, 7) is 5.69. The summed E-state index contributed by atoms with van der Waals surface area (Å²) in [7, 11) is 0. The molecule has 1 atom stereocenters. The van der Waals surface area contributed by atoms with E-state index < -0.39 is 6.04 Å². The van der Waals surface area contributed by atoms with Gasteiger partial charge in [-0.15, -0.1) is 22.7 Å². The van der Waals surface area contributed by atoms with E-state index in [2.05, 4.69) is 35.4 Å². The van der Waals surface area contributed by atoms with Crippen LogP contribution < -0.4 is 0 Å². The Labute approximate surface area is 143 Å². The Morgan fingerprint density at radius 2 is 1.74 bits per heavy atom. The molecule has 1 unspecified atom stereocenters. The highest BCUT2D eigenvalue weighted by molar-refractivity contribution is 7.14. The molecule has 0 radical (unpaired) electrons. The van der Waals surface area contributed by atoms with Crippen LogP contribution in [0, 0.1) is 0 Å². The van der Waals surface area contributed by atoms with E-state index in [0.717, 1.165) is 21.1 Å².